The van der Waals surface area contributed by atoms with Crippen LogP contribution in [0.1, 0.15) is 19.3 Å². The van der Waals surface area contributed by atoms with Crippen molar-refractivity contribution in [2.75, 3.05) is 0 Å². The molecule has 2 N–H and O–H groups in total. The molecular formula is C30H30O5. The summed E-state index contributed by atoms with van der Waals surface area (Å²) in [6.07, 6.45) is 23.1. The number of hydrogen-bond acceptors (Lipinski definition) is 5. The highest BCUT2D eigenvalue weighted by Gasteiger charge is 1.93. The highest BCUT2D eigenvalue weighted by molar-refractivity contribution is 5.99. The van der Waals surface area contributed by atoms with Crippen molar-refractivity contribution in [1.29, 1.82) is 0 Å². The average Bonchev–Trinajstić information content (AvgIpc) is 2.88. The van der Waals surface area contributed by atoms with E-state index in [-0.39, 0.29) is 17.3 Å². The van der Waals surface area contributed by atoms with Gasteiger partial charge in [-0.1, -0.05) is 85.0 Å². The van der Waals surface area contributed by atoms with Crippen molar-refractivity contribution in [2.24, 2.45) is 0 Å². The Morgan fingerprint density at radius 1 is 0.486 bits per heavy atom. The zero-order valence-electron chi connectivity index (χ0n) is 19.4. The van der Waals surface area contributed by atoms with E-state index in [1.165, 1.54) is 0 Å². The van der Waals surface area contributed by atoms with Gasteiger partial charge >= 0.3 is 0 Å². The molecule has 0 bridgehead atoms. The second-order valence-corrected chi connectivity index (χ2v) is 7.03. The van der Waals surface area contributed by atoms with E-state index in [1.54, 1.807) is 85.0 Å². The van der Waals surface area contributed by atoms with Gasteiger partial charge in [0.25, 0.3) is 0 Å². The molecule has 5 rings (SSSR count). The van der Waals surface area contributed by atoms with E-state index in [4.69, 9.17) is 10.2 Å². The van der Waals surface area contributed by atoms with E-state index >= 15 is 0 Å². The molecular weight excluding hydrogens is 440 g/mol. The first-order valence-electron chi connectivity index (χ1n) is 11.0. The molecule has 0 saturated carbocycles. The summed E-state index contributed by atoms with van der Waals surface area (Å²) in [5.74, 6) is 1.14. The normalized spacial score (nSPS) is 14.2. The molecule has 0 radical (unpaired) electrons. The molecule has 0 saturated heterocycles. The number of hydrogen-bond donors (Lipinski definition) is 2. The van der Waals surface area contributed by atoms with E-state index in [9.17, 15) is 14.4 Å². The second-order valence-electron chi connectivity index (χ2n) is 7.03. The van der Waals surface area contributed by atoms with E-state index in [1.807, 2.05) is 48.6 Å². The standard InChI is InChI=1S/5C6H6O/c5*7-6-4-2-1-3-5-6/h2-5H,1H2;2*1-4H,5H2;2*1-5,7H. The summed E-state index contributed by atoms with van der Waals surface area (Å²) in [5, 5.41) is 17.3. The summed E-state index contributed by atoms with van der Waals surface area (Å²) in [6, 6.07) is 17.4. The molecule has 0 heterocycles. The monoisotopic (exact) mass is 470 g/mol. The third kappa shape index (κ3) is 17.7. The summed E-state index contributed by atoms with van der Waals surface area (Å²) in [4.78, 5) is 30.9. The maximum atomic E-state index is 10.3. The van der Waals surface area contributed by atoms with Crippen molar-refractivity contribution in [2.45, 2.75) is 19.3 Å². The quantitative estimate of drug-likeness (QED) is 0.493. The third-order valence-corrected chi connectivity index (χ3v) is 4.05. The largest absolute Gasteiger partial charge is 0.508 e. The van der Waals surface area contributed by atoms with Gasteiger partial charge in [0.05, 0.1) is 0 Å². The lowest BCUT2D eigenvalue weighted by Gasteiger charge is -1.88. The fraction of sp³-hybridized carbons (Fsp3) is 0.100. The molecule has 0 aliphatic heterocycles. The lowest BCUT2D eigenvalue weighted by Crippen LogP contribution is -1.90. The van der Waals surface area contributed by atoms with Gasteiger partial charge in [-0.3, -0.25) is 14.4 Å². The van der Waals surface area contributed by atoms with Crippen LogP contribution in [0.2, 0.25) is 0 Å². The van der Waals surface area contributed by atoms with Crippen LogP contribution in [0.3, 0.4) is 0 Å². The van der Waals surface area contributed by atoms with Gasteiger partial charge in [0.15, 0.2) is 17.3 Å². The average molecular weight is 471 g/mol. The fourth-order valence-corrected chi connectivity index (χ4v) is 2.35. The molecule has 35 heavy (non-hydrogen) atoms. The number of phenolic OH excluding ortho intramolecular Hbond substituents is 2. The summed E-state index contributed by atoms with van der Waals surface area (Å²) in [5.41, 5.74) is 0. The number of para-hydroxylation sites is 2. The van der Waals surface area contributed by atoms with Crippen molar-refractivity contribution in [3.8, 4) is 11.5 Å². The van der Waals surface area contributed by atoms with Crippen LogP contribution in [0.15, 0.2) is 134 Å². The molecule has 0 atom stereocenters. The Morgan fingerprint density at radius 2 is 0.886 bits per heavy atom. The molecule has 0 spiro atoms. The Kier molecular flexibility index (Phi) is 15.5. The lowest BCUT2D eigenvalue weighted by atomic mass is 10.2. The Bertz CT molecular complexity index is 987. The summed E-state index contributed by atoms with van der Waals surface area (Å²) in [7, 11) is 0. The molecule has 3 aliphatic carbocycles. The molecule has 0 fully saturated rings. The highest BCUT2D eigenvalue weighted by Crippen LogP contribution is 2.03. The molecule has 5 heteroatoms. The van der Waals surface area contributed by atoms with Crippen molar-refractivity contribution < 1.29 is 24.6 Å². The molecule has 0 amide bonds. The summed E-state index contributed by atoms with van der Waals surface area (Å²) < 4.78 is 0. The summed E-state index contributed by atoms with van der Waals surface area (Å²) >= 11 is 0. The Hall–Kier alpha value is -4.51. The number of carbonyl (C=O) groups is 3. The molecule has 180 valence electrons. The molecule has 0 unspecified atom stereocenters. The van der Waals surface area contributed by atoms with Crippen molar-refractivity contribution >= 4 is 17.3 Å². The zero-order chi connectivity index (χ0) is 25.6. The topological polar surface area (TPSA) is 91.7 Å². The van der Waals surface area contributed by atoms with Gasteiger partial charge in [-0.15, -0.1) is 0 Å². The number of allylic oxidation sites excluding steroid dienone is 12. The number of carbonyl (C=O) groups excluding carboxylic acids is 3. The first-order chi connectivity index (χ1) is 17.0. The fourth-order valence-electron chi connectivity index (χ4n) is 2.35. The predicted octanol–water partition coefficient (Wildman–Crippen LogP) is 6.00. The number of ketones is 3. The van der Waals surface area contributed by atoms with Crippen LogP contribution in [-0.2, 0) is 14.4 Å². The Morgan fingerprint density at radius 3 is 1.06 bits per heavy atom. The van der Waals surface area contributed by atoms with Crippen LogP contribution in [0.25, 0.3) is 0 Å². The van der Waals surface area contributed by atoms with Gasteiger partial charge in [-0.05, 0) is 55.0 Å². The minimum atomic E-state index is 0.103. The van der Waals surface area contributed by atoms with Crippen LogP contribution >= 0.6 is 0 Å². The first-order valence-corrected chi connectivity index (χ1v) is 11.0. The van der Waals surface area contributed by atoms with Crippen molar-refractivity contribution in [3.63, 3.8) is 0 Å². The molecule has 2 aromatic rings. The highest BCUT2D eigenvalue weighted by atomic mass is 16.3. The van der Waals surface area contributed by atoms with E-state index in [2.05, 4.69) is 0 Å². The zero-order valence-corrected chi connectivity index (χ0v) is 19.4. The van der Waals surface area contributed by atoms with Gasteiger partial charge in [0, 0.05) is 12.8 Å². The van der Waals surface area contributed by atoms with Crippen LogP contribution in [0.4, 0.5) is 0 Å². The SMILES string of the molecule is O=C1C=CC=CC1.O=C1C=CC=CC1.O=C1C=CCC=C1.Oc1ccccc1.Oc1ccccc1. The van der Waals surface area contributed by atoms with E-state index in [0.717, 1.165) is 6.42 Å². The van der Waals surface area contributed by atoms with Crippen LogP contribution in [-0.4, -0.2) is 27.6 Å². The van der Waals surface area contributed by atoms with Gasteiger partial charge in [-0.2, -0.15) is 0 Å². The number of phenols is 2. The lowest BCUT2D eigenvalue weighted by molar-refractivity contribution is -0.114. The van der Waals surface area contributed by atoms with E-state index < -0.39 is 0 Å². The van der Waals surface area contributed by atoms with E-state index in [0.29, 0.717) is 24.3 Å². The molecule has 2 aromatic carbocycles. The number of benzene rings is 2. The second kappa shape index (κ2) is 19.0. The Balaban J connectivity index is 0.000000219. The number of rotatable bonds is 0. The molecule has 3 aliphatic rings. The van der Waals surface area contributed by atoms with Crippen LogP contribution < -0.4 is 0 Å². The minimum absolute atomic E-state index is 0.103. The van der Waals surface area contributed by atoms with Crippen molar-refractivity contribution in [3.05, 3.63) is 134 Å². The maximum Gasteiger partial charge on any atom is 0.178 e. The van der Waals surface area contributed by atoms with Gasteiger partial charge in [0.2, 0.25) is 0 Å². The smallest absolute Gasteiger partial charge is 0.178 e. The van der Waals surface area contributed by atoms with Gasteiger partial charge in [-0.25, -0.2) is 0 Å². The molecule has 5 nitrogen and oxygen atoms in total. The Labute approximate surface area is 206 Å². The van der Waals surface area contributed by atoms with Crippen molar-refractivity contribution in [1.82, 2.24) is 0 Å². The van der Waals surface area contributed by atoms with Gasteiger partial charge in [0.1, 0.15) is 11.5 Å². The first kappa shape index (κ1) is 28.5. The predicted molar refractivity (Wildman–Crippen MR) is 140 cm³/mol. The van der Waals surface area contributed by atoms with Crippen LogP contribution in [0.5, 0.6) is 11.5 Å². The third-order valence-electron chi connectivity index (χ3n) is 4.05. The minimum Gasteiger partial charge on any atom is -0.508 e. The number of aromatic hydroxyl groups is 2. The van der Waals surface area contributed by atoms with Crippen LogP contribution in [0, 0.1) is 0 Å². The van der Waals surface area contributed by atoms with Gasteiger partial charge < -0.3 is 10.2 Å². The maximum absolute atomic E-state index is 10.3. The molecule has 0 aromatic heterocycles. The summed E-state index contributed by atoms with van der Waals surface area (Å²) in [6.45, 7) is 0.